The van der Waals surface area contributed by atoms with Crippen molar-refractivity contribution in [2.45, 2.75) is 30.2 Å². The highest BCUT2D eigenvalue weighted by Crippen LogP contribution is 2.26. The van der Waals surface area contributed by atoms with Crippen LogP contribution in [0.5, 0.6) is 0 Å². The van der Waals surface area contributed by atoms with Gasteiger partial charge in [0.2, 0.25) is 10.0 Å². The number of aromatic amines is 1. The fourth-order valence-corrected chi connectivity index (χ4v) is 4.02. The molecule has 1 aromatic heterocycles. The van der Waals surface area contributed by atoms with Crippen LogP contribution in [0.3, 0.4) is 0 Å². The molecule has 3 rings (SSSR count). The van der Waals surface area contributed by atoms with Crippen molar-refractivity contribution in [1.29, 1.82) is 0 Å². The number of halogens is 2. The van der Waals surface area contributed by atoms with E-state index in [1.165, 1.54) is 12.1 Å². The molecular formula is C18H18F2N2O2S. The summed E-state index contributed by atoms with van der Waals surface area (Å²) in [5, 5.41) is 0.802. The molecule has 2 N–H and O–H groups in total. The van der Waals surface area contributed by atoms with E-state index in [4.69, 9.17) is 0 Å². The lowest BCUT2D eigenvalue weighted by molar-refractivity contribution is -0.0106. The first-order chi connectivity index (χ1) is 11.8. The number of nitrogens with one attached hydrogen (secondary N) is 2. The summed E-state index contributed by atoms with van der Waals surface area (Å²) in [6.07, 6.45) is 1.51. The maximum absolute atomic E-state index is 14.1. The van der Waals surface area contributed by atoms with Crippen molar-refractivity contribution in [3.8, 4) is 0 Å². The molecule has 132 valence electrons. The molecule has 0 fully saturated rings. The molecule has 2 aromatic carbocycles. The number of rotatable bonds is 6. The quantitative estimate of drug-likeness (QED) is 0.700. The number of alkyl halides is 2. The van der Waals surface area contributed by atoms with E-state index in [0.717, 1.165) is 17.8 Å². The zero-order valence-corrected chi connectivity index (χ0v) is 14.4. The van der Waals surface area contributed by atoms with E-state index < -0.39 is 22.0 Å². The molecular weight excluding hydrogens is 346 g/mol. The third-order valence-corrected chi connectivity index (χ3v) is 5.55. The summed E-state index contributed by atoms with van der Waals surface area (Å²) >= 11 is 0. The van der Waals surface area contributed by atoms with Crippen LogP contribution in [-0.4, -0.2) is 25.4 Å². The summed E-state index contributed by atoms with van der Waals surface area (Å²) in [5.74, 6) is -3.22. The lowest BCUT2D eigenvalue weighted by Crippen LogP contribution is -2.47. The van der Waals surface area contributed by atoms with Gasteiger partial charge < -0.3 is 4.98 Å². The first-order valence-electron chi connectivity index (χ1n) is 7.77. The van der Waals surface area contributed by atoms with Crippen molar-refractivity contribution in [1.82, 2.24) is 9.71 Å². The molecule has 0 saturated heterocycles. The Labute approximate surface area is 144 Å². The second-order valence-corrected chi connectivity index (χ2v) is 7.72. The van der Waals surface area contributed by atoms with E-state index in [-0.39, 0.29) is 11.3 Å². The third kappa shape index (κ3) is 3.88. The van der Waals surface area contributed by atoms with Crippen molar-refractivity contribution < 1.29 is 17.2 Å². The SMILES string of the molecule is CC(F)(F)C(Cc1c[nH]c2ccccc12)NS(=O)(=O)c1ccccc1. The topological polar surface area (TPSA) is 62.0 Å². The Morgan fingerprint density at radius 1 is 1.08 bits per heavy atom. The lowest BCUT2D eigenvalue weighted by Gasteiger charge is -2.24. The van der Waals surface area contributed by atoms with E-state index in [9.17, 15) is 17.2 Å². The molecule has 0 saturated carbocycles. The van der Waals surface area contributed by atoms with Crippen LogP contribution >= 0.6 is 0 Å². The van der Waals surface area contributed by atoms with E-state index in [0.29, 0.717) is 5.56 Å². The average molecular weight is 364 g/mol. The van der Waals surface area contributed by atoms with Crippen LogP contribution in [0.2, 0.25) is 0 Å². The van der Waals surface area contributed by atoms with Gasteiger partial charge in [0.1, 0.15) is 0 Å². The Balaban J connectivity index is 1.91. The number of para-hydroxylation sites is 1. The first kappa shape index (κ1) is 17.6. The molecule has 3 aromatic rings. The molecule has 0 aliphatic carbocycles. The fraction of sp³-hybridized carbons (Fsp3) is 0.222. The van der Waals surface area contributed by atoms with Gasteiger partial charge in [-0.15, -0.1) is 0 Å². The maximum Gasteiger partial charge on any atom is 0.261 e. The van der Waals surface area contributed by atoms with Gasteiger partial charge in [-0.25, -0.2) is 21.9 Å². The number of H-pyrrole nitrogens is 1. The standard InChI is InChI=1S/C18H18F2N2O2S/c1-18(19,20)17(22-25(23,24)14-7-3-2-4-8-14)11-13-12-21-16-10-6-5-9-15(13)16/h2-10,12,17,21-22H,11H2,1H3. The number of fused-ring (bicyclic) bond motifs is 1. The van der Waals surface area contributed by atoms with Crippen LogP contribution in [0.15, 0.2) is 65.7 Å². The minimum absolute atomic E-state index is 0.0387. The van der Waals surface area contributed by atoms with Crippen LogP contribution in [0.25, 0.3) is 10.9 Å². The minimum Gasteiger partial charge on any atom is -0.361 e. The molecule has 0 amide bonds. The van der Waals surface area contributed by atoms with Gasteiger partial charge in [-0.05, 0) is 30.2 Å². The van der Waals surface area contributed by atoms with Crippen molar-refractivity contribution in [3.05, 3.63) is 66.4 Å². The number of hydrogen-bond donors (Lipinski definition) is 2. The van der Waals surface area contributed by atoms with Crippen LogP contribution in [0.1, 0.15) is 12.5 Å². The molecule has 0 aliphatic rings. The molecule has 1 heterocycles. The molecule has 0 bridgehead atoms. The summed E-state index contributed by atoms with van der Waals surface area (Å²) in [5.41, 5.74) is 1.46. The highest BCUT2D eigenvalue weighted by molar-refractivity contribution is 7.89. The van der Waals surface area contributed by atoms with Crippen LogP contribution in [0, 0.1) is 0 Å². The van der Waals surface area contributed by atoms with Crippen molar-refractivity contribution in [2.75, 3.05) is 0 Å². The molecule has 1 atom stereocenters. The zero-order chi connectivity index (χ0) is 18.1. The Kier molecular flexibility index (Phi) is 4.62. The molecule has 7 heteroatoms. The van der Waals surface area contributed by atoms with Gasteiger partial charge in [-0.3, -0.25) is 0 Å². The number of hydrogen-bond acceptors (Lipinski definition) is 2. The van der Waals surface area contributed by atoms with Crippen LogP contribution in [-0.2, 0) is 16.4 Å². The van der Waals surface area contributed by atoms with E-state index in [2.05, 4.69) is 9.71 Å². The minimum atomic E-state index is -4.04. The molecule has 1 unspecified atom stereocenters. The number of benzene rings is 2. The predicted molar refractivity (Wildman–Crippen MR) is 93.2 cm³/mol. The molecule has 0 aliphatic heterocycles. The summed E-state index contributed by atoms with van der Waals surface area (Å²) in [6, 6.07) is 13.3. The van der Waals surface area contributed by atoms with Gasteiger partial charge in [-0.1, -0.05) is 36.4 Å². The monoisotopic (exact) mass is 364 g/mol. The molecule has 4 nitrogen and oxygen atoms in total. The summed E-state index contributed by atoms with van der Waals surface area (Å²) in [7, 11) is -4.04. The van der Waals surface area contributed by atoms with E-state index in [1.54, 1.807) is 24.4 Å². The van der Waals surface area contributed by atoms with E-state index >= 15 is 0 Å². The largest absolute Gasteiger partial charge is 0.361 e. The second kappa shape index (κ2) is 6.57. The van der Waals surface area contributed by atoms with Gasteiger partial charge in [-0.2, -0.15) is 0 Å². The highest BCUT2D eigenvalue weighted by Gasteiger charge is 2.37. The predicted octanol–water partition coefficient (Wildman–Crippen LogP) is 3.71. The number of sulfonamides is 1. The fourth-order valence-electron chi connectivity index (χ4n) is 2.70. The molecule has 25 heavy (non-hydrogen) atoms. The molecule has 0 spiro atoms. The summed E-state index contributed by atoms with van der Waals surface area (Å²) in [6.45, 7) is 0.722. The Hall–Kier alpha value is -2.25. The second-order valence-electron chi connectivity index (χ2n) is 6.01. The Morgan fingerprint density at radius 2 is 1.72 bits per heavy atom. The van der Waals surface area contributed by atoms with Crippen LogP contribution < -0.4 is 4.72 Å². The smallest absolute Gasteiger partial charge is 0.261 e. The van der Waals surface area contributed by atoms with Gasteiger partial charge in [0.05, 0.1) is 10.9 Å². The van der Waals surface area contributed by atoms with Gasteiger partial charge in [0, 0.05) is 24.0 Å². The van der Waals surface area contributed by atoms with Crippen LogP contribution in [0.4, 0.5) is 8.78 Å². The highest BCUT2D eigenvalue weighted by atomic mass is 32.2. The Bertz CT molecular complexity index is 963. The summed E-state index contributed by atoms with van der Waals surface area (Å²) in [4.78, 5) is 2.98. The average Bonchev–Trinajstić information content (AvgIpc) is 2.97. The van der Waals surface area contributed by atoms with Gasteiger partial charge >= 0.3 is 0 Å². The molecule has 0 radical (unpaired) electrons. The Morgan fingerprint density at radius 3 is 2.40 bits per heavy atom. The third-order valence-electron chi connectivity index (χ3n) is 4.06. The van der Waals surface area contributed by atoms with Crippen molar-refractivity contribution in [2.24, 2.45) is 0 Å². The van der Waals surface area contributed by atoms with Crippen molar-refractivity contribution >= 4 is 20.9 Å². The lowest BCUT2D eigenvalue weighted by atomic mass is 10.0. The number of aromatic nitrogens is 1. The maximum atomic E-state index is 14.1. The van der Waals surface area contributed by atoms with Gasteiger partial charge in [0.25, 0.3) is 5.92 Å². The zero-order valence-electron chi connectivity index (χ0n) is 13.5. The van der Waals surface area contributed by atoms with Crippen molar-refractivity contribution in [3.63, 3.8) is 0 Å². The first-order valence-corrected chi connectivity index (χ1v) is 9.26. The van der Waals surface area contributed by atoms with Gasteiger partial charge in [0.15, 0.2) is 0 Å². The van der Waals surface area contributed by atoms with E-state index in [1.807, 2.05) is 24.3 Å². The normalized spacial score (nSPS) is 13.9. The summed E-state index contributed by atoms with van der Waals surface area (Å²) < 4.78 is 55.2.